The fourth-order valence-electron chi connectivity index (χ4n) is 1.27. The lowest BCUT2D eigenvalue weighted by atomic mass is 10.7. The lowest BCUT2D eigenvalue weighted by Crippen LogP contribution is -2.06. The molecule has 13 heavy (non-hydrogen) atoms. The Labute approximate surface area is 88.0 Å². The van der Waals surface area contributed by atoms with Gasteiger partial charge in [-0.2, -0.15) is 0 Å². The average molecular weight is 226 g/mol. The van der Waals surface area contributed by atoms with E-state index in [4.69, 9.17) is 0 Å². The van der Waals surface area contributed by atoms with E-state index in [9.17, 15) is 0 Å². The van der Waals surface area contributed by atoms with Crippen molar-refractivity contribution in [2.45, 2.75) is 6.92 Å². The van der Waals surface area contributed by atoms with Crippen LogP contribution in [0.5, 0.6) is 0 Å². The highest BCUT2D eigenvalue weighted by Gasteiger charge is 2.12. The van der Waals surface area contributed by atoms with Gasteiger partial charge in [-0.25, -0.2) is 0 Å². The second kappa shape index (κ2) is 4.36. The SMILES string of the molecule is CCP(c1cccs1)c1cccs1. The van der Waals surface area contributed by atoms with Crippen LogP contribution in [-0.2, 0) is 0 Å². The van der Waals surface area contributed by atoms with Gasteiger partial charge in [-0.05, 0) is 37.0 Å². The molecule has 0 unspecified atom stereocenters. The molecule has 0 fully saturated rings. The van der Waals surface area contributed by atoms with Gasteiger partial charge in [-0.15, -0.1) is 22.7 Å². The van der Waals surface area contributed by atoms with Crippen LogP contribution in [0.4, 0.5) is 0 Å². The van der Waals surface area contributed by atoms with E-state index >= 15 is 0 Å². The highest BCUT2D eigenvalue weighted by molar-refractivity contribution is 7.81. The molecule has 0 spiro atoms. The van der Waals surface area contributed by atoms with Crippen LogP contribution in [0.2, 0.25) is 0 Å². The van der Waals surface area contributed by atoms with Crippen molar-refractivity contribution in [3.05, 3.63) is 35.0 Å². The van der Waals surface area contributed by atoms with Gasteiger partial charge in [0, 0.05) is 9.24 Å². The lowest BCUT2D eigenvalue weighted by Gasteiger charge is -2.10. The maximum absolute atomic E-state index is 2.28. The van der Waals surface area contributed by atoms with E-state index in [1.54, 1.807) is 9.24 Å². The molecule has 0 amide bonds. The summed E-state index contributed by atoms with van der Waals surface area (Å²) < 4.78 is 3.11. The molecule has 2 aromatic rings. The first-order chi connectivity index (χ1) is 6.42. The Morgan fingerprint density at radius 1 is 1.08 bits per heavy atom. The second-order valence-corrected chi connectivity index (χ2v) is 7.60. The first-order valence-electron chi connectivity index (χ1n) is 4.26. The van der Waals surface area contributed by atoms with Crippen molar-refractivity contribution in [1.29, 1.82) is 0 Å². The quantitative estimate of drug-likeness (QED) is 0.705. The van der Waals surface area contributed by atoms with Crippen LogP contribution in [0, 0.1) is 0 Å². The van der Waals surface area contributed by atoms with Crippen LogP contribution in [0.25, 0.3) is 0 Å². The zero-order chi connectivity index (χ0) is 9.10. The number of rotatable bonds is 3. The Hall–Kier alpha value is -0.170. The molecule has 0 saturated carbocycles. The zero-order valence-electron chi connectivity index (χ0n) is 7.43. The van der Waals surface area contributed by atoms with E-state index < -0.39 is 0 Å². The van der Waals surface area contributed by atoms with Gasteiger partial charge in [0.1, 0.15) is 0 Å². The summed E-state index contributed by atoms with van der Waals surface area (Å²) in [6.45, 7) is 2.28. The van der Waals surface area contributed by atoms with Crippen molar-refractivity contribution in [2.24, 2.45) is 0 Å². The first kappa shape index (κ1) is 9.39. The lowest BCUT2D eigenvalue weighted by molar-refractivity contribution is 1.51. The highest BCUT2D eigenvalue weighted by Crippen LogP contribution is 2.36. The molecule has 0 aromatic carbocycles. The van der Waals surface area contributed by atoms with Crippen molar-refractivity contribution in [2.75, 3.05) is 6.16 Å². The summed E-state index contributed by atoms with van der Waals surface area (Å²) in [5.74, 6) is 0. The molecule has 0 radical (unpaired) electrons. The van der Waals surface area contributed by atoms with Gasteiger partial charge < -0.3 is 0 Å². The number of thiophene rings is 2. The van der Waals surface area contributed by atoms with Gasteiger partial charge in [0.2, 0.25) is 0 Å². The van der Waals surface area contributed by atoms with E-state index in [0.29, 0.717) is 0 Å². The van der Waals surface area contributed by atoms with Gasteiger partial charge in [-0.3, -0.25) is 0 Å². The van der Waals surface area contributed by atoms with Crippen LogP contribution >= 0.6 is 30.6 Å². The molecule has 2 rings (SSSR count). The third-order valence-electron chi connectivity index (χ3n) is 1.86. The first-order valence-corrected chi connectivity index (χ1v) is 7.55. The monoisotopic (exact) mass is 226 g/mol. The fourth-order valence-corrected chi connectivity index (χ4v) is 6.47. The third-order valence-corrected chi connectivity index (χ3v) is 7.15. The van der Waals surface area contributed by atoms with Gasteiger partial charge in [-0.1, -0.05) is 19.1 Å². The summed E-state index contributed by atoms with van der Waals surface area (Å²) in [7, 11) is -0.0376. The van der Waals surface area contributed by atoms with Crippen molar-refractivity contribution in [3.63, 3.8) is 0 Å². The largest absolute Gasteiger partial charge is 0.144 e. The van der Waals surface area contributed by atoms with E-state index in [1.807, 2.05) is 22.7 Å². The molecule has 2 aromatic heterocycles. The molecular formula is C10H11PS2. The average Bonchev–Trinajstić information content (AvgIpc) is 2.76. The smallest absolute Gasteiger partial charge is 0.0331 e. The summed E-state index contributed by atoms with van der Waals surface area (Å²) in [5.41, 5.74) is 0. The molecule has 0 aliphatic heterocycles. The van der Waals surface area contributed by atoms with E-state index in [2.05, 4.69) is 41.9 Å². The van der Waals surface area contributed by atoms with Crippen molar-refractivity contribution >= 4 is 39.8 Å². The summed E-state index contributed by atoms with van der Waals surface area (Å²) in [6, 6.07) is 8.83. The second-order valence-electron chi connectivity index (χ2n) is 2.65. The van der Waals surface area contributed by atoms with Crippen LogP contribution in [0.3, 0.4) is 0 Å². The topological polar surface area (TPSA) is 0 Å². The summed E-state index contributed by atoms with van der Waals surface area (Å²) in [6.07, 6.45) is 1.26. The molecular weight excluding hydrogens is 215 g/mol. The standard InChI is InChI=1S/C10H11PS2/c1-2-11(9-5-3-7-12-9)10-6-4-8-13-10/h3-8H,2H2,1H3. The van der Waals surface area contributed by atoms with E-state index in [1.165, 1.54) is 6.16 Å². The van der Waals surface area contributed by atoms with Gasteiger partial charge in [0.15, 0.2) is 0 Å². The Kier molecular flexibility index (Phi) is 3.15. The molecule has 0 atom stereocenters. The maximum Gasteiger partial charge on any atom is 0.0331 e. The van der Waals surface area contributed by atoms with E-state index in [-0.39, 0.29) is 7.92 Å². The van der Waals surface area contributed by atoms with Crippen molar-refractivity contribution in [1.82, 2.24) is 0 Å². The minimum Gasteiger partial charge on any atom is -0.144 e. The van der Waals surface area contributed by atoms with Crippen LogP contribution in [0.1, 0.15) is 6.92 Å². The third kappa shape index (κ3) is 2.01. The number of hydrogen-bond donors (Lipinski definition) is 0. The molecule has 68 valence electrons. The van der Waals surface area contributed by atoms with E-state index in [0.717, 1.165) is 0 Å². The molecule has 0 aliphatic rings. The Bertz CT molecular complexity index is 303. The predicted octanol–water partition coefficient (Wildman–Crippen LogP) is 3.26. The molecule has 2 heterocycles. The summed E-state index contributed by atoms with van der Waals surface area (Å²) >= 11 is 3.78. The fraction of sp³-hybridized carbons (Fsp3) is 0.200. The number of hydrogen-bond acceptors (Lipinski definition) is 2. The zero-order valence-corrected chi connectivity index (χ0v) is 9.96. The minimum atomic E-state index is -0.0376. The maximum atomic E-state index is 2.28. The van der Waals surface area contributed by atoms with Crippen LogP contribution < -0.4 is 9.24 Å². The molecule has 0 bridgehead atoms. The normalized spacial score (nSPS) is 10.9. The Morgan fingerprint density at radius 2 is 1.62 bits per heavy atom. The van der Waals surface area contributed by atoms with Crippen molar-refractivity contribution in [3.8, 4) is 0 Å². The molecule has 0 N–H and O–H groups in total. The predicted molar refractivity (Wildman–Crippen MR) is 65.4 cm³/mol. The van der Waals surface area contributed by atoms with Gasteiger partial charge in [0.05, 0.1) is 0 Å². The molecule has 0 aliphatic carbocycles. The minimum absolute atomic E-state index is 0.0376. The highest BCUT2D eigenvalue weighted by atomic mass is 32.1. The summed E-state index contributed by atoms with van der Waals surface area (Å²) in [4.78, 5) is 0. The molecule has 0 saturated heterocycles. The Balaban J connectivity index is 2.29. The Morgan fingerprint density at radius 3 is 1.92 bits per heavy atom. The van der Waals surface area contributed by atoms with Crippen LogP contribution in [0.15, 0.2) is 35.0 Å². The van der Waals surface area contributed by atoms with Gasteiger partial charge >= 0.3 is 0 Å². The summed E-state index contributed by atoms with van der Waals surface area (Å²) in [5, 5.41) is 4.35. The van der Waals surface area contributed by atoms with Gasteiger partial charge in [0.25, 0.3) is 0 Å². The van der Waals surface area contributed by atoms with Crippen LogP contribution in [-0.4, -0.2) is 6.16 Å². The van der Waals surface area contributed by atoms with Crippen molar-refractivity contribution < 1.29 is 0 Å². The molecule has 3 heteroatoms. The molecule has 0 nitrogen and oxygen atoms in total.